The summed E-state index contributed by atoms with van der Waals surface area (Å²) in [5.74, 6) is 1.12. The molecule has 0 aliphatic heterocycles. The molecule has 5 nitrogen and oxygen atoms in total. The molecule has 3 aromatic rings. The highest BCUT2D eigenvalue weighted by atomic mass is 16.4. The first-order valence-electron chi connectivity index (χ1n) is 9.39. The molecular weight excluding hydrogens is 338 g/mol. The number of hydrogen-bond acceptors (Lipinski definition) is 4. The number of benzene rings is 2. The maximum atomic E-state index is 12.3. The van der Waals surface area contributed by atoms with Gasteiger partial charge >= 0.3 is 0 Å². The molecule has 0 saturated carbocycles. The summed E-state index contributed by atoms with van der Waals surface area (Å²) in [7, 11) is 0. The van der Waals surface area contributed by atoms with E-state index in [-0.39, 0.29) is 11.9 Å². The van der Waals surface area contributed by atoms with Gasteiger partial charge in [0.05, 0.1) is 6.04 Å². The van der Waals surface area contributed by atoms with Crippen LogP contribution in [0, 0.1) is 6.92 Å². The van der Waals surface area contributed by atoms with Crippen LogP contribution in [-0.4, -0.2) is 16.1 Å². The Morgan fingerprint density at radius 2 is 1.81 bits per heavy atom. The summed E-state index contributed by atoms with van der Waals surface area (Å²) >= 11 is 0. The first kappa shape index (κ1) is 18.8. The molecule has 0 spiro atoms. The predicted octanol–water partition coefficient (Wildman–Crippen LogP) is 4.64. The zero-order valence-corrected chi connectivity index (χ0v) is 15.8. The van der Waals surface area contributed by atoms with Crippen LogP contribution in [0.5, 0.6) is 0 Å². The smallest absolute Gasteiger partial charge is 0.247 e. The fraction of sp³-hybridized carbons (Fsp3) is 0.318. The van der Waals surface area contributed by atoms with Crippen molar-refractivity contribution < 1.29 is 9.21 Å². The van der Waals surface area contributed by atoms with E-state index in [9.17, 15) is 4.79 Å². The number of aryl methyl sites for hydroxylation is 2. The Kier molecular flexibility index (Phi) is 6.36. The minimum absolute atomic E-state index is 0.0465. The molecule has 140 valence electrons. The summed E-state index contributed by atoms with van der Waals surface area (Å²) in [6.45, 7) is 4.14. The van der Waals surface area contributed by atoms with Crippen molar-refractivity contribution in [3.05, 3.63) is 71.6 Å². The van der Waals surface area contributed by atoms with Crippen molar-refractivity contribution in [2.75, 3.05) is 0 Å². The van der Waals surface area contributed by atoms with E-state index < -0.39 is 0 Å². The fourth-order valence-corrected chi connectivity index (χ4v) is 2.94. The summed E-state index contributed by atoms with van der Waals surface area (Å²) in [5, 5.41) is 11.3. The van der Waals surface area contributed by atoms with Crippen molar-refractivity contribution in [3.63, 3.8) is 0 Å². The highest BCUT2D eigenvalue weighted by Gasteiger charge is 2.13. The maximum Gasteiger partial charge on any atom is 0.247 e. The second-order valence-corrected chi connectivity index (χ2v) is 6.66. The quantitative estimate of drug-likeness (QED) is 0.633. The van der Waals surface area contributed by atoms with Crippen LogP contribution < -0.4 is 5.32 Å². The third-order valence-electron chi connectivity index (χ3n) is 4.51. The highest BCUT2D eigenvalue weighted by molar-refractivity contribution is 5.76. The van der Waals surface area contributed by atoms with Gasteiger partial charge < -0.3 is 9.73 Å². The second-order valence-electron chi connectivity index (χ2n) is 6.66. The van der Waals surface area contributed by atoms with E-state index in [2.05, 4.69) is 53.6 Å². The average molecular weight is 363 g/mol. The monoisotopic (exact) mass is 363 g/mol. The van der Waals surface area contributed by atoms with Crippen molar-refractivity contribution >= 4 is 5.91 Å². The second kappa shape index (κ2) is 9.12. The lowest BCUT2D eigenvalue weighted by molar-refractivity contribution is -0.122. The molecule has 0 saturated heterocycles. The standard InChI is InChI=1S/C22H25N3O2/c1-3-19(17-14-12-16(2)13-15-17)23-20(26)10-7-11-21-24-25-22(27-21)18-8-5-4-6-9-18/h4-6,8-9,12-15,19H,3,7,10-11H2,1-2H3,(H,23,26). The molecule has 5 heteroatoms. The Labute approximate surface area is 159 Å². The third-order valence-corrected chi connectivity index (χ3v) is 4.51. The average Bonchev–Trinajstić information content (AvgIpc) is 3.16. The predicted molar refractivity (Wildman–Crippen MR) is 105 cm³/mol. The fourth-order valence-electron chi connectivity index (χ4n) is 2.94. The molecule has 0 radical (unpaired) electrons. The van der Waals surface area contributed by atoms with E-state index in [4.69, 9.17) is 4.42 Å². The van der Waals surface area contributed by atoms with Crippen LogP contribution in [0.25, 0.3) is 11.5 Å². The van der Waals surface area contributed by atoms with Crippen molar-refractivity contribution in [1.29, 1.82) is 0 Å². The van der Waals surface area contributed by atoms with Gasteiger partial charge in [-0.2, -0.15) is 0 Å². The molecular formula is C22H25N3O2. The molecule has 27 heavy (non-hydrogen) atoms. The molecule has 0 fully saturated rings. The molecule has 0 aliphatic rings. The van der Waals surface area contributed by atoms with E-state index >= 15 is 0 Å². The molecule has 1 heterocycles. The van der Waals surface area contributed by atoms with E-state index in [0.29, 0.717) is 31.0 Å². The molecule has 1 unspecified atom stereocenters. The Balaban J connectivity index is 1.48. The summed E-state index contributed by atoms with van der Waals surface area (Å²) < 4.78 is 5.68. The number of hydrogen-bond donors (Lipinski definition) is 1. The van der Waals surface area contributed by atoms with E-state index in [0.717, 1.165) is 17.5 Å². The van der Waals surface area contributed by atoms with Crippen LogP contribution >= 0.6 is 0 Å². The summed E-state index contributed by atoms with van der Waals surface area (Å²) in [4.78, 5) is 12.3. The van der Waals surface area contributed by atoms with Crippen LogP contribution in [0.1, 0.15) is 49.2 Å². The molecule has 1 amide bonds. The van der Waals surface area contributed by atoms with Gasteiger partial charge in [0, 0.05) is 18.4 Å². The largest absolute Gasteiger partial charge is 0.421 e. The van der Waals surface area contributed by atoms with Gasteiger partial charge in [0.15, 0.2) is 0 Å². The molecule has 1 N–H and O–H groups in total. The van der Waals surface area contributed by atoms with Gasteiger partial charge in [-0.1, -0.05) is 55.0 Å². The van der Waals surface area contributed by atoms with Crippen molar-refractivity contribution in [2.45, 2.75) is 45.6 Å². The molecule has 3 rings (SSSR count). The van der Waals surface area contributed by atoms with Crippen LogP contribution in [-0.2, 0) is 11.2 Å². The summed E-state index contributed by atoms with van der Waals surface area (Å²) in [6, 6.07) is 18.0. The van der Waals surface area contributed by atoms with Crippen molar-refractivity contribution in [3.8, 4) is 11.5 Å². The molecule has 0 aliphatic carbocycles. The topological polar surface area (TPSA) is 68.0 Å². The molecule has 0 bridgehead atoms. The molecule has 2 aromatic carbocycles. The first-order chi connectivity index (χ1) is 13.2. The van der Waals surface area contributed by atoms with Crippen LogP contribution in [0.4, 0.5) is 0 Å². The first-order valence-corrected chi connectivity index (χ1v) is 9.39. The lowest BCUT2D eigenvalue weighted by Crippen LogP contribution is -2.28. The molecule has 1 aromatic heterocycles. The lowest BCUT2D eigenvalue weighted by atomic mass is 10.0. The summed E-state index contributed by atoms with van der Waals surface area (Å²) in [6.07, 6.45) is 2.56. The Morgan fingerprint density at radius 1 is 1.07 bits per heavy atom. The van der Waals surface area contributed by atoms with Gasteiger partial charge in [-0.15, -0.1) is 10.2 Å². The Morgan fingerprint density at radius 3 is 2.52 bits per heavy atom. The van der Waals surface area contributed by atoms with E-state index in [1.807, 2.05) is 30.3 Å². The zero-order chi connectivity index (χ0) is 19.1. The Hall–Kier alpha value is -2.95. The van der Waals surface area contributed by atoms with E-state index in [1.54, 1.807) is 0 Å². The van der Waals surface area contributed by atoms with Crippen LogP contribution in [0.3, 0.4) is 0 Å². The van der Waals surface area contributed by atoms with Gasteiger partial charge in [-0.3, -0.25) is 4.79 Å². The number of carbonyl (C=O) groups is 1. The SMILES string of the molecule is CCC(NC(=O)CCCc1nnc(-c2ccccc2)o1)c1ccc(C)cc1. The lowest BCUT2D eigenvalue weighted by Gasteiger charge is -2.17. The highest BCUT2D eigenvalue weighted by Crippen LogP contribution is 2.19. The van der Waals surface area contributed by atoms with Crippen molar-refractivity contribution in [1.82, 2.24) is 15.5 Å². The zero-order valence-electron chi connectivity index (χ0n) is 15.8. The Bertz CT molecular complexity index is 857. The normalized spacial score (nSPS) is 11.9. The van der Waals surface area contributed by atoms with Crippen molar-refractivity contribution in [2.24, 2.45) is 0 Å². The van der Waals surface area contributed by atoms with Gasteiger partial charge in [-0.05, 0) is 37.5 Å². The number of amides is 1. The number of nitrogens with one attached hydrogen (secondary N) is 1. The maximum absolute atomic E-state index is 12.3. The van der Waals surface area contributed by atoms with Crippen LogP contribution in [0.15, 0.2) is 59.0 Å². The third kappa shape index (κ3) is 5.26. The van der Waals surface area contributed by atoms with Gasteiger partial charge in [0.1, 0.15) is 0 Å². The number of carbonyl (C=O) groups excluding carboxylic acids is 1. The number of rotatable bonds is 8. The van der Waals surface area contributed by atoms with Crippen LogP contribution in [0.2, 0.25) is 0 Å². The minimum atomic E-state index is 0.0465. The minimum Gasteiger partial charge on any atom is -0.421 e. The summed E-state index contributed by atoms with van der Waals surface area (Å²) in [5.41, 5.74) is 3.26. The van der Waals surface area contributed by atoms with Gasteiger partial charge in [-0.25, -0.2) is 0 Å². The molecule has 1 atom stereocenters. The van der Waals surface area contributed by atoms with Gasteiger partial charge in [0.2, 0.25) is 17.7 Å². The number of aromatic nitrogens is 2. The van der Waals surface area contributed by atoms with Gasteiger partial charge in [0.25, 0.3) is 0 Å². The number of nitrogens with zero attached hydrogens (tertiary/aromatic N) is 2. The van der Waals surface area contributed by atoms with E-state index in [1.165, 1.54) is 5.56 Å².